The highest BCUT2D eigenvalue weighted by atomic mass is 127. The number of urea groups is 1. The SMILES string of the molecule is Cc1ccccc1N1C(=O)NC(=O)/C(=C\c2ccc(OCc3ccc([N+](=O)[O-])cc3)c(I)c2)C1=O. The Kier molecular flexibility index (Phi) is 6.92. The monoisotopic (exact) mass is 583 g/mol. The van der Waals surface area contributed by atoms with E-state index in [1.54, 1.807) is 61.5 Å². The number of non-ortho nitro benzene ring substituents is 1. The van der Waals surface area contributed by atoms with E-state index in [4.69, 9.17) is 4.74 Å². The molecule has 1 N–H and O–H groups in total. The molecule has 176 valence electrons. The molecule has 1 heterocycles. The average molecular weight is 583 g/mol. The second-order valence-electron chi connectivity index (χ2n) is 7.65. The normalized spacial score (nSPS) is 14.7. The van der Waals surface area contributed by atoms with Gasteiger partial charge in [0.1, 0.15) is 17.9 Å². The topological polar surface area (TPSA) is 119 Å². The Bertz CT molecular complexity index is 1380. The number of aryl methyl sites for hydroxylation is 1. The van der Waals surface area contributed by atoms with Crippen LogP contribution < -0.4 is 15.0 Å². The molecule has 3 aromatic carbocycles. The van der Waals surface area contributed by atoms with E-state index in [0.717, 1.165) is 14.0 Å². The van der Waals surface area contributed by atoms with Gasteiger partial charge in [-0.1, -0.05) is 24.3 Å². The van der Waals surface area contributed by atoms with Crippen LogP contribution in [0.3, 0.4) is 0 Å². The molecule has 0 unspecified atom stereocenters. The Morgan fingerprint density at radius 2 is 1.77 bits per heavy atom. The van der Waals surface area contributed by atoms with Crippen LogP contribution in [0, 0.1) is 20.6 Å². The van der Waals surface area contributed by atoms with Crippen LogP contribution in [0.1, 0.15) is 16.7 Å². The number of barbiturate groups is 1. The third kappa shape index (κ3) is 5.22. The highest BCUT2D eigenvalue weighted by Crippen LogP contribution is 2.27. The van der Waals surface area contributed by atoms with E-state index in [1.165, 1.54) is 18.2 Å². The van der Waals surface area contributed by atoms with Crippen molar-refractivity contribution in [3.8, 4) is 5.75 Å². The lowest BCUT2D eigenvalue weighted by molar-refractivity contribution is -0.384. The Balaban J connectivity index is 1.53. The van der Waals surface area contributed by atoms with Crippen molar-refractivity contribution in [2.45, 2.75) is 13.5 Å². The number of ether oxygens (including phenoxy) is 1. The van der Waals surface area contributed by atoms with Gasteiger partial charge in [-0.15, -0.1) is 0 Å². The molecule has 0 radical (unpaired) electrons. The van der Waals surface area contributed by atoms with Crippen LogP contribution in [0.15, 0.2) is 72.3 Å². The summed E-state index contributed by atoms with van der Waals surface area (Å²) in [6.45, 7) is 1.98. The van der Waals surface area contributed by atoms with Crippen molar-refractivity contribution in [2.24, 2.45) is 0 Å². The number of halogens is 1. The molecule has 35 heavy (non-hydrogen) atoms. The first kappa shape index (κ1) is 24.1. The van der Waals surface area contributed by atoms with Gasteiger partial charge >= 0.3 is 6.03 Å². The summed E-state index contributed by atoms with van der Waals surface area (Å²) in [4.78, 5) is 49.2. The number of nitro groups is 1. The fraction of sp³-hybridized carbons (Fsp3) is 0.0800. The zero-order valence-corrected chi connectivity index (χ0v) is 20.5. The van der Waals surface area contributed by atoms with Crippen LogP contribution in [0.2, 0.25) is 0 Å². The van der Waals surface area contributed by atoms with Crippen LogP contribution in [0.25, 0.3) is 6.08 Å². The van der Waals surface area contributed by atoms with Gasteiger partial charge in [0.15, 0.2) is 0 Å². The molecule has 0 aliphatic carbocycles. The molecule has 1 aliphatic heterocycles. The summed E-state index contributed by atoms with van der Waals surface area (Å²) in [7, 11) is 0. The maximum Gasteiger partial charge on any atom is 0.335 e. The summed E-state index contributed by atoms with van der Waals surface area (Å²) < 4.78 is 6.55. The number of anilines is 1. The summed E-state index contributed by atoms with van der Waals surface area (Å²) in [6, 6.07) is 17.3. The number of benzene rings is 3. The molecule has 3 aromatic rings. The van der Waals surface area contributed by atoms with E-state index in [1.807, 2.05) is 0 Å². The Morgan fingerprint density at radius 3 is 2.43 bits per heavy atom. The standard InChI is InChI=1S/C25H18IN3O6/c1-15-4-2-3-5-21(15)28-24(31)19(23(30)27-25(28)32)12-17-8-11-22(20(26)13-17)35-14-16-6-9-18(10-7-16)29(33)34/h2-13H,14H2,1H3,(H,27,30,32)/b19-12+. The molecule has 4 amide bonds. The van der Waals surface area contributed by atoms with Crippen LogP contribution >= 0.6 is 22.6 Å². The second-order valence-corrected chi connectivity index (χ2v) is 8.81. The van der Waals surface area contributed by atoms with Gasteiger partial charge in [0.25, 0.3) is 17.5 Å². The maximum atomic E-state index is 13.1. The first-order chi connectivity index (χ1) is 16.7. The van der Waals surface area contributed by atoms with E-state index in [0.29, 0.717) is 22.6 Å². The van der Waals surface area contributed by atoms with E-state index < -0.39 is 22.8 Å². The van der Waals surface area contributed by atoms with E-state index in [9.17, 15) is 24.5 Å². The fourth-order valence-corrected chi connectivity index (χ4v) is 4.15. The minimum Gasteiger partial charge on any atom is -0.488 e. The lowest BCUT2D eigenvalue weighted by atomic mass is 10.1. The average Bonchev–Trinajstić information content (AvgIpc) is 2.82. The van der Waals surface area contributed by atoms with Gasteiger partial charge in [0.2, 0.25) is 0 Å². The first-order valence-corrected chi connectivity index (χ1v) is 11.5. The zero-order chi connectivity index (χ0) is 25.1. The number of para-hydroxylation sites is 1. The van der Waals surface area contributed by atoms with Gasteiger partial charge in [-0.05, 0) is 82.6 Å². The van der Waals surface area contributed by atoms with Gasteiger partial charge in [0, 0.05) is 12.1 Å². The van der Waals surface area contributed by atoms with Crippen molar-refractivity contribution in [2.75, 3.05) is 4.90 Å². The number of carbonyl (C=O) groups is 3. The minimum absolute atomic E-state index is 0.00436. The lowest BCUT2D eigenvalue weighted by Gasteiger charge is -2.27. The van der Waals surface area contributed by atoms with Crippen molar-refractivity contribution in [3.05, 3.63) is 103 Å². The number of carbonyl (C=O) groups excluding carboxylic acids is 3. The maximum absolute atomic E-state index is 13.1. The Labute approximate surface area is 213 Å². The highest BCUT2D eigenvalue weighted by Gasteiger charge is 2.37. The number of imide groups is 2. The Morgan fingerprint density at radius 1 is 1.06 bits per heavy atom. The van der Waals surface area contributed by atoms with E-state index in [-0.39, 0.29) is 17.9 Å². The van der Waals surface area contributed by atoms with E-state index >= 15 is 0 Å². The van der Waals surface area contributed by atoms with Crippen molar-refractivity contribution in [1.82, 2.24) is 5.32 Å². The van der Waals surface area contributed by atoms with Gasteiger partial charge in [-0.25, -0.2) is 9.69 Å². The van der Waals surface area contributed by atoms with Gasteiger partial charge in [-0.2, -0.15) is 0 Å². The fourth-order valence-electron chi connectivity index (χ4n) is 3.46. The molecular weight excluding hydrogens is 565 g/mol. The number of amides is 4. The van der Waals surface area contributed by atoms with E-state index in [2.05, 4.69) is 27.9 Å². The molecule has 0 bridgehead atoms. The first-order valence-electron chi connectivity index (χ1n) is 10.4. The number of rotatable bonds is 6. The van der Waals surface area contributed by atoms with Gasteiger partial charge in [-0.3, -0.25) is 25.0 Å². The zero-order valence-electron chi connectivity index (χ0n) is 18.4. The smallest absolute Gasteiger partial charge is 0.335 e. The van der Waals surface area contributed by atoms with Crippen molar-refractivity contribution < 1.29 is 24.0 Å². The molecule has 0 saturated carbocycles. The number of nitro benzene ring substituents is 1. The summed E-state index contributed by atoms with van der Waals surface area (Å²) in [5.74, 6) is -0.901. The third-order valence-corrected chi connectivity index (χ3v) is 6.11. The van der Waals surface area contributed by atoms with Gasteiger partial charge < -0.3 is 4.74 Å². The molecule has 0 atom stereocenters. The highest BCUT2D eigenvalue weighted by molar-refractivity contribution is 14.1. The number of nitrogens with zero attached hydrogens (tertiary/aromatic N) is 2. The molecule has 9 nitrogen and oxygen atoms in total. The molecule has 1 saturated heterocycles. The molecule has 10 heteroatoms. The van der Waals surface area contributed by atoms with Crippen molar-refractivity contribution in [3.63, 3.8) is 0 Å². The predicted molar refractivity (Wildman–Crippen MR) is 137 cm³/mol. The molecule has 1 aliphatic rings. The summed E-state index contributed by atoms with van der Waals surface area (Å²) in [5.41, 5.74) is 2.30. The van der Waals surface area contributed by atoms with Crippen LogP contribution in [-0.2, 0) is 16.2 Å². The van der Waals surface area contributed by atoms with Crippen LogP contribution in [0.5, 0.6) is 5.75 Å². The molecule has 1 fully saturated rings. The predicted octanol–water partition coefficient (Wildman–Crippen LogP) is 4.75. The van der Waals surface area contributed by atoms with Crippen molar-refractivity contribution in [1.29, 1.82) is 0 Å². The number of hydrogen-bond acceptors (Lipinski definition) is 6. The largest absolute Gasteiger partial charge is 0.488 e. The summed E-state index contributed by atoms with van der Waals surface area (Å²) in [5, 5.41) is 13.0. The third-order valence-electron chi connectivity index (χ3n) is 5.27. The van der Waals surface area contributed by atoms with Crippen LogP contribution in [-0.4, -0.2) is 22.8 Å². The minimum atomic E-state index is -0.795. The van der Waals surface area contributed by atoms with Gasteiger partial charge in [0.05, 0.1) is 14.2 Å². The number of hydrogen-bond donors (Lipinski definition) is 1. The Hall–Kier alpha value is -4.06. The number of nitrogens with one attached hydrogen (secondary N) is 1. The molecule has 0 spiro atoms. The van der Waals surface area contributed by atoms with Crippen molar-refractivity contribution >= 4 is 57.9 Å². The summed E-state index contributed by atoms with van der Waals surface area (Å²) in [6.07, 6.45) is 1.43. The summed E-state index contributed by atoms with van der Waals surface area (Å²) >= 11 is 2.07. The quantitative estimate of drug-likeness (QED) is 0.147. The molecular formula is C25H18IN3O6. The second kappa shape index (κ2) is 10.1. The molecule has 4 rings (SSSR count). The lowest BCUT2D eigenvalue weighted by Crippen LogP contribution is -2.54. The molecule has 0 aromatic heterocycles. The van der Waals surface area contributed by atoms with Crippen LogP contribution in [0.4, 0.5) is 16.2 Å².